The second-order valence-electron chi connectivity index (χ2n) is 6.97. The number of anilines is 3. The Kier molecular flexibility index (Phi) is 5.07. The zero-order chi connectivity index (χ0) is 18.6. The molecule has 1 atom stereocenters. The van der Waals surface area contributed by atoms with E-state index in [1.54, 1.807) is 0 Å². The van der Waals surface area contributed by atoms with Crippen LogP contribution in [0.4, 0.5) is 17.5 Å². The first-order valence-electron chi connectivity index (χ1n) is 9.38. The maximum absolute atomic E-state index is 8.96. The third-order valence-electron chi connectivity index (χ3n) is 5.36. The van der Waals surface area contributed by atoms with Gasteiger partial charge < -0.3 is 19.4 Å². The summed E-state index contributed by atoms with van der Waals surface area (Å²) in [4.78, 5) is 16.0. The highest BCUT2D eigenvalue weighted by Crippen LogP contribution is 2.25. The zero-order valence-electron chi connectivity index (χ0n) is 15.6. The molecule has 3 heterocycles. The molecule has 2 aromatic rings. The van der Waals surface area contributed by atoms with E-state index in [0.717, 1.165) is 57.6 Å². The highest BCUT2D eigenvalue weighted by molar-refractivity contribution is 5.52. The topological polar surface area (TPSA) is 68.5 Å². The molecular formula is C20H24N6O. The summed E-state index contributed by atoms with van der Waals surface area (Å²) < 4.78 is 5.42. The summed E-state index contributed by atoms with van der Waals surface area (Å²) in [5.74, 6) is 1.74. The zero-order valence-corrected chi connectivity index (χ0v) is 15.6. The lowest BCUT2D eigenvalue weighted by Crippen LogP contribution is -2.38. The number of ether oxygens (including phenoxy) is 1. The first-order valence-corrected chi connectivity index (χ1v) is 9.38. The normalized spacial score (nSPS) is 19.8. The molecule has 1 aromatic heterocycles. The van der Waals surface area contributed by atoms with Gasteiger partial charge in [-0.3, -0.25) is 0 Å². The summed E-state index contributed by atoms with van der Waals surface area (Å²) in [6, 6.07) is 12.4. The van der Waals surface area contributed by atoms with Crippen LogP contribution in [-0.4, -0.2) is 62.5 Å². The Balaban J connectivity index is 1.44. The highest BCUT2D eigenvalue weighted by atomic mass is 16.5. The van der Waals surface area contributed by atoms with Gasteiger partial charge in [-0.1, -0.05) is 0 Å². The molecule has 0 amide bonds. The van der Waals surface area contributed by atoms with E-state index in [4.69, 9.17) is 15.0 Å². The van der Waals surface area contributed by atoms with Crippen LogP contribution in [0, 0.1) is 11.3 Å². The molecule has 0 saturated carbocycles. The molecule has 2 fully saturated rings. The maximum atomic E-state index is 8.96. The van der Waals surface area contributed by atoms with Crippen molar-refractivity contribution < 1.29 is 4.74 Å². The number of benzene rings is 1. The third-order valence-corrected chi connectivity index (χ3v) is 5.36. The summed E-state index contributed by atoms with van der Waals surface area (Å²) >= 11 is 0. The molecule has 0 N–H and O–H groups in total. The van der Waals surface area contributed by atoms with Crippen molar-refractivity contribution in [2.75, 3.05) is 61.1 Å². The number of nitriles is 1. The average Bonchev–Trinajstić information content (AvgIpc) is 3.24. The second-order valence-corrected chi connectivity index (χ2v) is 6.97. The van der Waals surface area contributed by atoms with Crippen LogP contribution in [0.3, 0.4) is 0 Å². The minimum Gasteiger partial charge on any atom is -0.378 e. The van der Waals surface area contributed by atoms with Crippen LogP contribution >= 0.6 is 0 Å². The molecule has 140 valence electrons. The Labute approximate surface area is 159 Å². The van der Waals surface area contributed by atoms with Gasteiger partial charge in [0.1, 0.15) is 5.82 Å². The van der Waals surface area contributed by atoms with Gasteiger partial charge >= 0.3 is 0 Å². The average molecular weight is 364 g/mol. The SMILES string of the molecule is CN(c1ccnc(N2CCOCC2)n1)C1CCN(c2ccc(C#N)cc2)C1. The summed E-state index contributed by atoms with van der Waals surface area (Å²) in [6.45, 7) is 5.07. The molecule has 1 aromatic carbocycles. The van der Waals surface area contributed by atoms with Gasteiger partial charge in [0.05, 0.1) is 24.8 Å². The van der Waals surface area contributed by atoms with Crippen LogP contribution < -0.4 is 14.7 Å². The van der Waals surface area contributed by atoms with E-state index in [-0.39, 0.29) is 0 Å². The van der Waals surface area contributed by atoms with Crippen molar-refractivity contribution in [1.29, 1.82) is 5.26 Å². The van der Waals surface area contributed by atoms with E-state index < -0.39 is 0 Å². The summed E-state index contributed by atoms with van der Waals surface area (Å²) in [7, 11) is 2.11. The lowest BCUT2D eigenvalue weighted by Gasteiger charge is -2.29. The largest absolute Gasteiger partial charge is 0.378 e. The number of likely N-dealkylation sites (N-methyl/N-ethyl adjacent to an activating group) is 1. The lowest BCUT2D eigenvalue weighted by molar-refractivity contribution is 0.122. The fourth-order valence-electron chi connectivity index (χ4n) is 3.68. The second kappa shape index (κ2) is 7.80. The van der Waals surface area contributed by atoms with Gasteiger partial charge in [-0.2, -0.15) is 10.2 Å². The van der Waals surface area contributed by atoms with Crippen LogP contribution in [0.2, 0.25) is 0 Å². The van der Waals surface area contributed by atoms with E-state index in [1.165, 1.54) is 5.69 Å². The van der Waals surface area contributed by atoms with Crippen molar-refractivity contribution in [1.82, 2.24) is 9.97 Å². The smallest absolute Gasteiger partial charge is 0.227 e. The van der Waals surface area contributed by atoms with Crippen molar-refractivity contribution >= 4 is 17.5 Å². The van der Waals surface area contributed by atoms with E-state index in [0.29, 0.717) is 11.6 Å². The standard InChI is InChI=1S/C20H24N6O/c1-24(19-6-8-22-20(23-19)25-10-12-27-13-11-25)18-7-9-26(15-18)17-4-2-16(14-21)3-5-17/h2-6,8,18H,7,9-13,15H2,1H3. The molecule has 7 heteroatoms. The van der Waals surface area contributed by atoms with Gasteiger partial charge in [0.25, 0.3) is 0 Å². The van der Waals surface area contributed by atoms with Crippen molar-refractivity contribution in [3.8, 4) is 6.07 Å². The lowest BCUT2D eigenvalue weighted by atomic mass is 10.2. The minimum absolute atomic E-state index is 0.396. The Hall–Kier alpha value is -2.85. The van der Waals surface area contributed by atoms with Gasteiger partial charge in [0.15, 0.2) is 0 Å². The first-order chi connectivity index (χ1) is 13.2. The van der Waals surface area contributed by atoms with Gasteiger partial charge in [0, 0.05) is 51.2 Å². The molecule has 0 aliphatic carbocycles. The van der Waals surface area contributed by atoms with Crippen LogP contribution in [-0.2, 0) is 4.74 Å². The Morgan fingerprint density at radius 2 is 1.89 bits per heavy atom. The fourth-order valence-corrected chi connectivity index (χ4v) is 3.68. The van der Waals surface area contributed by atoms with Crippen molar-refractivity contribution in [2.45, 2.75) is 12.5 Å². The Morgan fingerprint density at radius 1 is 1.11 bits per heavy atom. The van der Waals surface area contributed by atoms with Gasteiger partial charge in [-0.15, -0.1) is 0 Å². The maximum Gasteiger partial charge on any atom is 0.227 e. The number of aromatic nitrogens is 2. The Bertz CT molecular complexity index is 812. The molecular weight excluding hydrogens is 340 g/mol. The van der Waals surface area contributed by atoms with Crippen molar-refractivity contribution in [3.05, 3.63) is 42.1 Å². The molecule has 0 bridgehead atoms. The van der Waals surface area contributed by atoms with Crippen molar-refractivity contribution in [2.24, 2.45) is 0 Å². The number of hydrogen-bond donors (Lipinski definition) is 0. The molecule has 0 spiro atoms. The summed E-state index contributed by atoms with van der Waals surface area (Å²) in [6.07, 6.45) is 2.92. The van der Waals surface area contributed by atoms with Crippen molar-refractivity contribution in [3.63, 3.8) is 0 Å². The number of morpholine rings is 1. The predicted molar refractivity (Wildman–Crippen MR) is 105 cm³/mol. The van der Waals surface area contributed by atoms with E-state index in [2.05, 4.69) is 32.8 Å². The summed E-state index contributed by atoms with van der Waals surface area (Å²) in [5.41, 5.74) is 1.87. The van der Waals surface area contributed by atoms with Gasteiger partial charge in [-0.25, -0.2) is 4.98 Å². The minimum atomic E-state index is 0.396. The monoisotopic (exact) mass is 364 g/mol. The molecule has 2 aliphatic heterocycles. The molecule has 2 aliphatic rings. The van der Waals surface area contributed by atoms with Crippen LogP contribution in [0.1, 0.15) is 12.0 Å². The summed E-state index contributed by atoms with van der Waals surface area (Å²) in [5, 5.41) is 8.96. The first kappa shape index (κ1) is 17.6. The highest BCUT2D eigenvalue weighted by Gasteiger charge is 2.27. The van der Waals surface area contributed by atoms with Gasteiger partial charge in [0.2, 0.25) is 5.95 Å². The molecule has 27 heavy (non-hydrogen) atoms. The van der Waals surface area contributed by atoms with Crippen LogP contribution in [0.25, 0.3) is 0 Å². The fraction of sp³-hybridized carbons (Fsp3) is 0.450. The third kappa shape index (κ3) is 3.81. The number of rotatable bonds is 4. The number of hydrogen-bond acceptors (Lipinski definition) is 7. The molecule has 2 saturated heterocycles. The molecule has 1 unspecified atom stereocenters. The predicted octanol–water partition coefficient (Wildman–Crippen LogP) is 1.90. The van der Waals surface area contributed by atoms with Gasteiger partial charge in [-0.05, 0) is 36.8 Å². The molecule has 0 radical (unpaired) electrons. The number of nitrogens with zero attached hydrogens (tertiary/aromatic N) is 6. The molecule has 4 rings (SSSR count). The van der Waals surface area contributed by atoms with Crippen LogP contribution in [0.5, 0.6) is 0 Å². The van der Waals surface area contributed by atoms with E-state index in [1.807, 2.05) is 36.5 Å². The Morgan fingerprint density at radius 3 is 2.63 bits per heavy atom. The quantitative estimate of drug-likeness (QED) is 0.821. The van der Waals surface area contributed by atoms with Crippen LogP contribution in [0.15, 0.2) is 36.5 Å². The van der Waals surface area contributed by atoms with E-state index >= 15 is 0 Å². The molecule has 7 nitrogen and oxygen atoms in total. The van der Waals surface area contributed by atoms with E-state index in [9.17, 15) is 0 Å².